The third-order valence-corrected chi connectivity index (χ3v) is 3.93. The van der Waals surface area contributed by atoms with Crippen molar-refractivity contribution in [3.8, 4) is 5.06 Å². The summed E-state index contributed by atoms with van der Waals surface area (Å²) >= 11 is 7.16. The lowest BCUT2D eigenvalue weighted by molar-refractivity contribution is 0.491. The zero-order valence-electron chi connectivity index (χ0n) is 6.55. The van der Waals surface area contributed by atoms with Crippen LogP contribution < -0.4 is 0 Å². The van der Waals surface area contributed by atoms with Crippen LogP contribution in [0.2, 0.25) is 0 Å². The van der Waals surface area contributed by atoms with Gasteiger partial charge in [-0.2, -0.15) is 0 Å². The van der Waals surface area contributed by atoms with Crippen molar-refractivity contribution in [1.29, 1.82) is 0 Å². The second kappa shape index (κ2) is 3.74. The van der Waals surface area contributed by atoms with Gasteiger partial charge in [-0.3, -0.25) is 0 Å². The van der Waals surface area contributed by atoms with Gasteiger partial charge in [0.1, 0.15) is 0 Å². The third-order valence-electron chi connectivity index (χ3n) is 1.82. The van der Waals surface area contributed by atoms with E-state index in [1.807, 2.05) is 6.07 Å². The summed E-state index contributed by atoms with van der Waals surface area (Å²) in [5, 5.41) is 11.7. The molecule has 0 radical (unpaired) electrons. The summed E-state index contributed by atoms with van der Waals surface area (Å²) in [6.45, 7) is 0. The van der Waals surface area contributed by atoms with Crippen molar-refractivity contribution in [1.82, 2.24) is 0 Å². The molecule has 0 aliphatic heterocycles. The molecular formula is C9H6BrIOS. The SMILES string of the molecule is Oc1cc2c(CBr)cc(I)cc2s1. The first kappa shape index (κ1) is 9.73. The number of alkyl halides is 1. The standard InChI is InChI=1S/C9H6BrIOS/c10-4-5-1-6(11)2-8-7(5)3-9(12)13-8/h1-3,12H,4H2. The Kier molecular flexibility index (Phi) is 2.80. The highest BCUT2D eigenvalue weighted by Crippen LogP contribution is 2.34. The molecular weight excluding hydrogens is 363 g/mol. The van der Waals surface area contributed by atoms with Gasteiger partial charge < -0.3 is 5.11 Å². The number of aromatic hydroxyl groups is 1. The van der Waals surface area contributed by atoms with Crippen molar-refractivity contribution in [3.63, 3.8) is 0 Å². The Morgan fingerprint density at radius 2 is 2.15 bits per heavy atom. The molecule has 0 amide bonds. The summed E-state index contributed by atoms with van der Waals surface area (Å²) in [4.78, 5) is 0. The molecule has 68 valence electrons. The zero-order valence-corrected chi connectivity index (χ0v) is 11.1. The van der Waals surface area contributed by atoms with Crippen molar-refractivity contribution in [3.05, 3.63) is 27.3 Å². The highest BCUT2D eigenvalue weighted by atomic mass is 127. The lowest BCUT2D eigenvalue weighted by Crippen LogP contribution is -1.79. The first-order valence-electron chi connectivity index (χ1n) is 3.67. The van der Waals surface area contributed by atoms with Crippen molar-refractivity contribution in [2.75, 3.05) is 0 Å². The molecule has 13 heavy (non-hydrogen) atoms. The number of thiophene rings is 1. The largest absolute Gasteiger partial charge is 0.499 e. The maximum absolute atomic E-state index is 9.37. The van der Waals surface area contributed by atoms with Gasteiger partial charge in [0.05, 0.1) is 0 Å². The smallest absolute Gasteiger partial charge is 0.172 e. The van der Waals surface area contributed by atoms with E-state index in [2.05, 4.69) is 50.7 Å². The molecule has 0 bridgehead atoms. The van der Waals surface area contributed by atoms with Gasteiger partial charge >= 0.3 is 0 Å². The molecule has 1 N–H and O–H groups in total. The fraction of sp³-hybridized carbons (Fsp3) is 0.111. The van der Waals surface area contributed by atoms with Crippen molar-refractivity contribution >= 4 is 59.9 Å². The molecule has 4 heteroatoms. The molecule has 0 aliphatic carbocycles. The molecule has 0 spiro atoms. The molecule has 1 aromatic heterocycles. The Balaban J connectivity index is 2.80. The Morgan fingerprint density at radius 3 is 2.85 bits per heavy atom. The van der Waals surface area contributed by atoms with Gasteiger partial charge in [0.2, 0.25) is 0 Å². The Morgan fingerprint density at radius 1 is 1.38 bits per heavy atom. The van der Waals surface area contributed by atoms with Gasteiger partial charge in [-0.1, -0.05) is 27.3 Å². The molecule has 2 aromatic rings. The Hall–Kier alpha value is 0.190. The van der Waals surface area contributed by atoms with Crippen molar-refractivity contribution in [2.45, 2.75) is 5.33 Å². The summed E-state index contributed by atoms with van der Waals surface area (Å²) in [6, 6.07) is 6.04. The normalized spacial score (nSPS) is 10.9. The van der Waals surface area contributed by atoms with Gasteiger partial charge in [-0.05, 0) is 46.4 Å². The summed E-state index contributed by atoms with van der Waals surface area (Å²) in [5.74, 6) is 0. The van der Waals surface area contributed by atoms with E-state index >= 15 is 0 Å². The first-order chi connectivity index (χ1) is 6.20. The number of hydrogen-bond donors (Lipinski definition) is 1. The number of fused-ring (bicyclic) bond motifs is 1. The topological polar surface area (TPSA) is 20.2 Å². The summed E-state index contributed by atoms with van der Waals surface area (Å²) < 4.78 is 2.36. The number of benzene rings is 1. The molecule has 0 saturated heterocycles. The first-order valence-corrected chi connectivity index (χ1v) is 6.69. The van der Waals surface area contributed by atoms with E-state index < -0.39 is 0 Å². The Bertz CT molecular complexity index is 452. The quantitative estimate of drug-likeness (QED) is 0.593. The van der Waals surface area contributed by atoms with Gasteiger partial charge in [0.15, 0.2) is 5.06 Å². The van der Waals surface area contributed by atoms with Crippen molar-refractivity contribution in [2.24, 2.45) is 0 Å². The predicted octanol–water partition coefficient (Wildman–Crippen LogP) is 4.11. The highest BCUT2D eigenvalue weighted by Gasteiger charge is 2.06. The van der Waals surface area contributed by atoms with Crippen LogP contribution in [0.4, 0.5) is 0 Å². The summed E-state index contributed by atoms with van der Waals surface area (Å²) in [5.41, 5.74) is 1.23. The average molecular weight is 369 g/mol. The van der Waals surface area contributed by atoms with Crippen LogP contribution in [0.3, 0.4) is 0 Å². The molecule has 1 aromatic carbocycles. The van der Waals surface area contributed by atoms with Crippen LogP contribution in [0.15, 0.2) is 18.2 Å². The fourth-order valence-electron chi connectivity index (χ4n) is 1.27. The molecule has 0 aliphatic rings. The average Bonchev–Trinajstić information content (AvgIpc) is 2.43. The van der Waals surface area contributed by atoms with Gasteiger partial charge in [0.25, 0.3) is 0 Å². The Labute approximate surface area is 102 Å². The van der Waals surface area contributed by atoms with E-state index in [0.29, 0.717) is 5.06 Å². The summed E-state index contributed by atoms with van der Waals surface area (Å²) in [7, 11) is 0. The van der Waals surface area contributed by atoms with E-state index in [1.54, 1.807) is 0 Å². The molecule has 0 fully saturated rings. The van der Waals surface area contributed by atoms with Gasteiger partial charge in [-0.15, -0.1) is 0 Å². The monoisotopic (exact) mass is 368 g/mol. The molecule has 1 nitrogen and oxygen atoms in total. The number of rotatable bonds is 1. The van der Waals surface area contributed by atoms with Crippen LogP contribution in [0.1, 0.15) is 5.56 Å². The molecule has 2 rings (SSSR count). The zero-order chi connectivity index (χ0) is 9.42. The minimum Gasteiger partial charge on any atom is -0.499 e. The van der Waals surface area contributed by atoms with Gasteiger partial charge in [-0.25, -0.2) is 0 Å². The minimum atomic E-state index is 0.388. The number of halogens is 2. The molecule has 0 atom stereocenters. The fourth-order valence-corrected chi connectivity index (χ4v) is 3.52. The second-order valence-corrected chi connectivity index (χ2v) is 5.56. The van der Waals surface area contributed by atoms with Crippen LogP contribution in [-0.2, 0) is 5.33 Å². The van der Waals surface area contributed by atoms with E-state index in [9.17, 15) is 5.11 Å². The predicted molar refractivity (Wildman–Crippen MR) is 68.8 cm³/mol. The lowest BCUT2D eigenvalue weighted by Gasteiger charge is -1.98. The maximum atomic E-state index is 9.37. The van der Waals surface area contributed by atoms with E-state index in [0.717, 1.165) is 15.4 Å². The molecule has 0 unspecified atom stereocenters. The highest BCUT2D eigenvalue weighted by molar-refractivity contribution is 14.1. The van der Waals surface area contributed by atoms with E-state index in [-0.39, 0.29) is 0 Å². The van der Waals surface area contributed by atoms with Crippen LogP contribution in [0.5, 0.6) is 5.06 Å². The van der Waals surface area contributed by atoms with Crippen molar-refractivity contribution < 1.29 is 5.11 Å². The van der Waals surface area contributed by atoms with Crippen LogP contribution in [0, 0.1) is 3.57 Å². The molecule has 0 saturated carbocycles. The second-order valence-electron chi connectivity index (χ2n) is 2.69. The van der Waals surface area contributed by atoms with Crippen LogP contribution >= 0.6 is 49.9 Å². The molecule has 1 heterocycles. The third kappa shape index (κ3) is 1.85. The summed E-state index contributed by atoms with van der Waals surface area (Å²) in [6.07, 6.45) is 0. The number of hydrogen-bond acceptors (Lipinski definition) is 2. The van der Waals surface area contributed by atoms with E-state index in [1.165, 1.54) is 20.5 Å². The van der Waals surface area contributed by atoms with E-state index in [4.69, 9.17) is 0 Å². The van der Waals surface area contributed by atoms with Crippen LogP contribution in [0.25, 0.3) is 10.1 Å². The maximum Gasteiger partial charge on any atom is 0.172 e. The van der Waals surface area contributed by atoms with Gasteiger partial charge in [0, 0.05) is 19.0 Å². The van der Waals surface area contributed by atoms with Crippen LogP contribution in [-0.4, -0.2) is 5.11 Å². The minimum absolute atomic E-state index is 0.388. The lowest BCUT2D eigenvalue weighted by atomic mass is 10.1.